The second-order valence-electron chi connectivity index (χ2n) is 4.81. The Kier molecular flexibility index (Phi) is 3.91. The van der Waals surface area contributed by atoms with Crippen molar-refractivity contribution in [2.24, 2.45) is 5.92 Å². The largest absolute Gasteiger partial charge is 0.481 e. The highest BCUT2D eigenvalue weighted by Gasteiger charge is 2.29. The normalized spacial score (nSPS) is 15.9. The Hall–Kier alpha value is -1.41. The van der Waals surface area contributed by atoms with Crippen molar-refractivity contribution in [2.75, 3.05) is 13.6 Å². The van der Waals surface area contributed by atoms with Gasteiger partial charge in [-0.2, -0.15) is 5.10 Å². The van der Waals surface area contributed by atoms with Crippen LogP contribution >= 0.6 is 0 Å². The number of rotatable bonds is 7. The molecule has 1 fully saturated rings. The Balaban J connectivity index is 2.05. The molecule has 0 aromatic carbocycles. The van der Waals surface area contributed by atoms with Gasteiger partial charge in [0.15, 0.2) is 0 Å². The fraction of sp³-hybridized carbons (Fsp3) is 0.636. The molecule has 1 heterocycles. The van der Waals surface area contributed by atoms with Gasteiger partial charge in [-0.3, -0.25) is 9.48 Å². The van der Waals surface area contributed by atoms with Crippen LogP contribution in [-0.2, 0) is 21.4 Å². The predicted molar refractivity (Wildman–Crippen MR) is 67.0 cm³/mol. The Morgan fingerprint density at radius 1 is 1.58 bits per heavy atom. The molecule has 7 nitrogen and oxygen atoms in total. The lowest BCUT2D eigenvalue weighted by Gasteiger charge is -2.15. The van der Waals surface area contributed by atoms with E-state index in [1.54, 1.807) is 7.05 Å². The van der Waals surface area contributed by atoms with Crippen LogP contribution < -0.4 is 0 Å². The van der Waals surface area contributed by atoms with Crippen LogP contribution in [-0.4, -0.2) is 47.2 Å². The first-order valence-electron chi connectivity index (χ1n) is 6.10. The van der Waals surface area contributed by atoms with Crippen LogP contribution in [0.3, 0.4) is 0 Å². The molecule has 0 aliphatic heterocycles. The summed E-state index contributed by atoms with van der Waals surface area (Å²) in [6, 6.07) is 0. The van der Waals surface area contributed by atoms with Gasteiger partial charge in [-0.05, 0) is 18.8 Å². The first kappa shape index (κ1) is 14.0. The van der Waals surface area contributed by atoms with E-state index in [2.05, 4.69) is 5.10 Å². The van der Waals surface area contributed by atoms with E-state index < -0.39 is 16.0 Å². The number of carboxylic acid groups (broad SMARTS) is 1. The van der Waals surface area contributed by atoms with E-state index in [-0.39, 0.29) is 17.9 Å². The number of sulfonamides is 1. The number of nitrogens with zero attached hydrogens (tertiary/aromatic N) is 3. The van der Waals surface area contributed by atoms with Crippen molar-refractivity contribution < 1.29 is 18.3 Å². The van der Waals surface area contributed by atoms with E-state index in [0.29, 0.717) is 12.5 Å². The molecule has 19 heavy (non-hydrogen) atoms. The van der Waals surface area contributed by atoms with E-state index in [1.807, 2.05) is 0 Å². The van der Waals surface area contributed by atoms with Crippen LogP contribution in [0.1, 0.15) is 19.3 Å². The zero-order valence-electron chi connectivity index (χ0n) is 10.7. The number of carbonyl (C=O) groups is 1. The van der Waals surface area contributed by atoms with Crippen LogP contribution in [0.4, 0.5) is 0 Å². The summed E-state index contributed by atoms with van der Waals surface area (Å²) in [5.74, 6) is -0.465. The third-order valence-electron chi connectivity index (χ3n) is 3.08. The summed E-state index contributed by atoms with van der Waals surface area (Å²) in [7, 11) is -1.95. The molecule has 1 aliphatic carbocycles. The van der Waals surface area contributed by atoms with Crippen LogP contribution in [0.25, 0.3) is 0 Å². The summed E-state index contributed by atoms with van der Waals surface area (Å²) in [6.07, 6.45) is 4.72. The minimum atomic E-state index is -3.51. The van der Waals surface area contributed by atoms with Gasteiger partial charge in [0.2, 0.25) is 10.0 Å². The van der Waals surface area contributed by atoms with Gasteiger partial charge < -0.3 is 5.11 Å². The van der Waals surface area contributed by atoms with Crippen LogP contribution in [0.2, 0.25) is 0 Å². The Morgan fingerprint density at radius 2 is 2.26 bits per heavy atom. The smallest absolute Gasteiger partial charge is 0.305 e. The topological polar surface area (TPSA) is 92.5 Å². The van der Waals surface area contributed by atoms with Crippen LogP contribution in [0.5, 0.6) is 0 Å². The number of aromatic nitrogens is 2. The van der Waals surface area contributed by atoms with Crippen molar-refractivity contribution in [1.29, 1.82) is 0 Å². The highest BCUT2D eigenvalue weighted by atomic mass is 32.2. The number of carboxylic acids is 1. The summed E-state index contributed by atoms with van der Waals surface area (Å²) < 4.78 is 27.1. The number of hydrogen-bond donors (Lipinski definition) is 1. The molecule has 0 saturated heterocycles. The highest BCUT2D eigenvalue weighted by molar-refractivity contribution is 7.89. The molecule has 0 radical (unpaired) electrons. The maximum absolute atomic E-state index is 12.2. The lowest BCUT2D eigenvalue weighted by atomic mass is 10.4. The number of hydrogen-bond acceptors (Lipinski definition) is 4. The third-order valence-corrected chi connectivity index (χ3v) is 4.86. The molecule has 0 bridgehead atoms. The van der Waals surface area contributed by atoms with Crippen molar-refractivity contribution >= 4 is 16.0 Å². The molecular formula is C11H17N3O4S. The molecule has 0 amide bonds. The first-order valence-corrected chi connectivity index (χ1v) is 7.54. The summed E-state index contributed by atoms with van der Waals surface area (Å²) in [5, 5.41) is 12.4. The molecule has 8 heteroatoms. The summed E-state index contributed by atoms with van der Waals surface area (Å²) in [6.45, 7) is 0.694. The molecule has 1 aromatic heterocycles. The average molecular weight is 287 g/mol. The fourth-order valence-corrected chi connectivity index (χ4v) is 2.95. The van der Waals surface area contributed by atoms with Crippen LogP contribution in [0, 0.1) is 5.92 Å². The van der Waals surface area contributed by atoms with Crippen molar-refractivity contribution in [3.63, 3.8) is 0 Å². The molecular weight excluding hydrogens is 270 g/mol. The van der Waals surface area contributed by atoms with Gasteiger partial charge in [-0.1, -0.05) is 0 Å². The summed E-state index contributed by atoms with van der Waals surface area (Å²) in [4.78, 5) is 10.6. The van der Waals surface area contributed by atoms with Gasteiger partial charge in [0.05, 0.1) is 19.2 Å². The maximum Gasteiger partial charge on any atom is 0.305 e. The minimum absolute atomic E-state index is 0.0842. The highest BCUT2D eigenvalue weighted by Crippen LogP contribution is 2.30. The van der Waals surface area contributed by atoms with Crippen LogP contribution in [0.15, 0.2) is 17.3 Å². The first-order chi connectivity index (χ1) is 8.89. The van der Waals surface area contributed by atoms with Crippen molar-refractivity contribution in [1.82, 2.24) is 14.1 Å². The van der Waals surface area contributed by atoms with Gasteiger partial charge in [-0.15, -0.1) is 0 Å². The minimum Gasteiger partial charge on any atom is -0.481 e. The molecule has 1 saturated carbocycles. The molecule has 0 spiro atoms. The molecule has 106 valence electrons. The van der Waals surface area contributed by atoms with Gasteiger partial charge in [0, 0.05) is 19.8 Å². The second kappa shape index (κ2) is 5.30. The van der Waals surface area contributed by atoms with E-state index in [4.69, 9.17) is 5.11 Å². The van der Waals surface area contributed by atoms with Crippen molar-refractivity contribution in [3.8, 4) is 0 Å². The lowest BCUT2D eigenvalue weighted by molar-refractivity contribution is -0.137. The van der Waals surface area contributed by atoms with Gasteiger partial charge in [0.25, 0.3) is 0 Å². The van der Waals surface area contributed by atoms with Gasteiger partial charge in [-0.25, -0.2) is 12.7 Å². The SMILES string of the molecule is CN(CC1CC1)S(=O)(=O)c1cnn(CCC(=O)O)c1. The summed E-state index contributed by atoms with van der Waals surface area (Å²) in [5.41, 5.74) is 0. The zero-order chi connectivity index (χ0) is 14.0. The van der Waals surface area contributed by atoms with Crippen molar-refractivity contribution in [2.45, 2.75) is 30.7 Å². The van der Waals surface area contributed by atoms with Gasteiger partial charge in [0.1, 0.15) is 4.90 Å². The summed E-state index contributed by atoms with van der Waals surface area (Å²) >= 11 is 0. The monoisotopic (exact) mass is 287 g/mol. The van der Waals surface area contributed by atoms with Gasteiger partial charge >= 0.3 is 5.97 Å². The maximum atomic E-state index is 12.2. The fourth-order valence-electron chi connectivity index (χ4n) is 1.75. The standard InChI is InChI=1S/C11H17N3O4S/c1-13(7-9-2-3-9)19(17,18)10-6-12-14(8-10)5-4-11(15)16/h6,8-9H,2-5,7H2,1H3,(H,15,16). The molecule has 2 rings (SSSR count). The molecule has 1 N–H and O–H groups in total. The Bertz CT molecular complexity index is 562. The third kappa shape index (κ3) is 3.54. The second-order valence-corrected chi connectivity index (χ2v) is 6.86. The zero-order valence-corrected chi connectivity index (χ0v) is 11.5. The van der Waals surface area contributed by atoms with Crippen molar-refractivity contribution in [3.05, 3.63) is 12.4 Å². The molecule has 1 aromatic rings. The van der Waals surface area contributed by atoms with E-state index in [9.17, 15) is 13.2 Å². The average Bonchev–Trinajstić information content (AvgIpc) is 3.01. The molecule has 1 aliphatic rings. The predicted octanol–water partition coefficient (Wildman–Crippen LogP) is 0.388. The number of aliphatic carboxylic acids is 1. The Labute approximate surface area is 111 Å². The Morgan fingerprint density at radius 3 is 2.84 bits per heavy atom. The van der Waals surface area contributed by atoms with E-state index >= 15 is 0 Å². The molecule has 0 atom stereocenters. The van der Waals surface area contributed by atoms with E-state index in [0.717, 1.165) is 12.8 Å². The van der Waals surface area contributed by atoms with E-state index in [1.165, 1.54) is 21.4 Å². The molecule has 0 unspecified atom stereocenters. The quantitative estimate of drug-likeness (QED) is 0.783. The number of aryl methyl sites for hydroxylation is 1. The lowest BCUT2D eigenvalue weighted by Crippen LogP contribution is -2.28.